The number of rotatable bonds is 4. The Labute approximate surface area is 130 Å². The van der Waals surface area contributed by atoms with Gasteiger partial charge in [0.25, 0.3) is 0 Å². The molecule has 0 N–H and O–H groups in total. The van der Waals surface area contributed by atoms with E-state index < -0.39 is 12.1 Å². The first-order valence-corrected chi connectivity index (χ1v) is 6.71. The molecule has 0 saturated heterocycles. The number of carbonyl (C=O) groups is 1. The molecule has 1 aromatic heterocycles. The van der Waals surface area contributed by atoms with Crippen LogP contribution in [-0.4, -0.2) is 20.9 Å². The van der Waals surface area contributed by atoms with Gasteiger partial charge in [0.2, 0.25) is 11.7 Å². The fraction of sp³-hybridized carbons (Fsp3) is 0.267. The lowest BCUT2D eigenvalue weighted by molar-refractivity contribution is -0.159. The highest BCUT2D eigenvalue weighted by Crippen LogP contribution is 2.29. The van der Waals surface area contributed by atoms with Gasteiger partial charge in [-0.05, 0) is 12.5 Å². The molecule has 1 heterocycles. The van der Waals surface area contributed by atoms with E-state index in [1.54, 1.807) is 43.5 Å². The van der Waals surface area contributed by atoms with Crippen LogP contribution in [0.1, 0.15) is 25.3 Å². The molecule has 0 radical (unpaired) electrons. The molecule has 5 nitrogen and oxygen atoms in total. The zero-order valence-corrected chi connectivity index (χ0v) is 12.5. The van der Waals surface area contributed by atoms with E-state index in [0.717, 1.165) is 5.56 Å². The van der Waals surface area contributed by atoms with Crippen LogP contribution in [0.2, 0.25) is 0 Å². The summed E-state index contributed by atoms with van der Waals surface area (Å²) in [5.74, 6) is -1.63. The van der Waals surface area contributed by atoms with Gasteiger partial charge in [-0.25, -0.2) is 0 Å². The molecule has 0 spiro atoms. The van der Waals surface area contributed by atoms with Crippen molar-refractivity contribution in [3.63, 3.8) is 0 Å². The van der Waals surface area contributed by atoms with E-state index in [9.17, 15) is 18.0 Å². The number of alkyl halides is 3. The number of allylic oxidation sites excluding steroid dienone is 1. The van der Waals surface area contributed by atoms with Gasteiger partial charge in [0.15, 0.2) is 0 Å². The lowest BCUT2D eigenvalue weighted by atomic mass is 10.1. The fourth-order valence-electron chi connectivity index (χ4n) is 1.86. The Morgan fingerprint density at radius 3 is 2.43 bits per heavy atom. The maximum atomic E-state index is 12.4. The maximum Gasteiger partial charge on any atom is 0.471 e. The van der Waals surface area contributed by atoms with E-state index in [4.69, 9.17) is 0 Å². The highest BCUT2D eigenvalue weighted by atomic mass is 19.4. The number of nitrogens with zero attached hydrogens (tertiary/aromatic N) is 3. The van der Waals surface area contributed by atoms with E-state index in [1.165, 1.54) is 11.8 Å². The largest absolute Gasteiger partial charge is 0.471 e. The quantitative estimate of drug-likeness (QED) is 0.861. The Balaban J connectivity index is 2.16. The molecule has 0 aliphatic heterocycles. The van der Waals surface area contributed by atoms with Gasteiger partial charge in [-0.1, -0.05) is 35.5 Å². The number of aromatic nitrogens is 2. The van der Waals surface area contributed by atoms with E-state index in [2.05, 4.69) is 14.7 Å². The number of benzene rings is 1. The van der Waals surface area contributed by atoms with Crippen LogP contribution in [0.15, 0.2) is 41.1 Å². The van der Waals surface area contributed by atoms with Crippen LogP contribution in [-0.2, 0) is 17.5 Å². The molecule has 122 valence electrons. The highest BCUT2D eigenvalue weighted by molar-refractivity contribution is 5.74. The number of halogens is 3. The van der Waals surface area contributed by atoms with Crippen molar-refractivity contribution in [2.45, 2.75) is 26.6 Å². The average molecular weight is 325 g/mol. The summed E-state index contributed by atoms with van der Waals surface area (Å²) in [5, 5.41) is 3.32. The third-order valence-corrected chi connectivity index (χ3v) is 2.97. The minimum atomic E-state index is -4.67. The molecule has 1 aromatic carbocycles. The molecule has 0 unspecified atom stereocenters. The van der Waals surface area contributed by atoms with Gasteiger partial charge in [-0.2, -0.15) is 18.2 Å². The Morgan fingerprint density at radius 2 is 1.96 bits per heavy atom. The van der Waals surface area contributed by atoms with Crippen molar-refractivity contribution in [3.05, 3.63) is 48.0 Å². The van der Waals surface area contributed by atoms with Gasteiger partial charge in [-0.3, -0.25) is 4.79 Å². The van der Waals surface area contributed by atoms with E-state index in [-0.39, 0.29) is 11.7 Å². The highest BCUT2D eigenvalue weighted by Gasteiger charge is 2.38. The van der Waals surface area contributed by atoms with Crippen LogP contribution in [0.25, 0.3) is 11.4 Å². The van der Waals surface area contributed by atoms with Crippen molar-refractivity contribution in [1.29, 1.82) is 0 Å². The van der Waals surface area contributed by atoms with Gasteiger partial charge in [0.05, 0.1) is 6.54 Å². The van der Waals surface area contributed by atoms with Crippen molar-refractivity contribution in [1.82, 2.24) is 15.0 Å². The second-order valence-corrected chi connectivity index (χ2v) is 4.75. The molecular weight excluding hydrogens is 311 g/mol. The minimum absolute atomic E-state index is 0.111. The summed E-state index contributed by atoms with van der Waals surface area (Å²) in [6.07, 6.45) is -1.27. The smallest absolute Gasteiger partial charge is 0.329 e. The normalized spacial score (nSPS) is 11.9. The second kappa shape index (κ2) is 6.64. The Kier molecular flexibility index (Phi) is 4.83. The first kappa shape index (κ1) is 16.7. The number of carbonyl (C=O) groups excluding carboxylic acids is 1. The summed E-state index contributed by atoms with van der Waals surface area (Å²) in [6.45, 7) is 3.61. The molecule has 0 bridgehead atoms. The molecule has 1 amide bonds. The summed E-state index contributed by atoms with van der Waals surface area (Å²) < 4.78 is 41.5. The first-order valence-electron chi connectivity index (χ1n) is 6.71. The van der Waals surface area contributed by atoms with E-state index in [0.29, 0.717) is 12.1 Å². The molecule has 23 heavy (non-hydrogen) atoms. The predicted molar refractivity (Wildman–Crippen MR) is 75.8 cm³/mol. The fourth-order valence-corrected chi connectivity index (χ4v) is 1.86. The monoisotopic (exact) mass is 325 g/mol. The SMILES string of the molecule is CC=CN(Cc1ccc(-c2noc(C(F)(F)F)n2)cc1)C(C)=O. The van der Waals surface area contributed by atoms with Crippen molar-refractivity contribution in [3.8, 4) is 11.4 Å². The number of hydrogen-bond donors (Lipinski definition) is 0. The van der Waals surface area contributed by atoms with Gasteiger partial charge in [0.1, 0.15) is 0 Å². The molecule has 0 fully saturated rings. The van der Waals surface area contributed by atoms with Crippen molar-refractivity contribution in [2.75, 3.05) is 0 Å². The van der Waals surface area contributed by atoms with Crippen LogP contribution in [0.4, 0.5) is 13.2 Å². The zero-order valence-electron chi connectivity index (χ0n) is 12.5. The minimum Gasteiger partial charge on any atom is -0.329 e. The topological polar surface area (TPSA) is 59.2 Å². The lowest BCUT2D eigenvalue weighted by Gasteiger charge is -2.16. The summed E-state index contributed by atoms with van der Waals surface area (Å²) in [4.78, 5) is 16.3. The predicted octanol–water partition coefficient (Wildman–Crippen LogP) is 3.64. The van der Waals surface area contributed by atoms with Gasteiger partial charge >= 0.3 is 12.1 Å². The van der Waals surface area contributed by atoms with Crippen LogP contribution in [0, 0.1) is 0 Å². The standard InChI is InChI=1S/C15H14F3N3O2/c1-3-8-21(10(2)22)9-11-4-6-12(7-5-11)13-19-14(23-20-13)15(16,17)18/h3-8H,9H2,1-2H3. The molecule has 0 atom stereocenters. The van der Waals surface area contributed by atoms with Crippen molar-refractivity contribution in [2.24, 2.45) is 0 Å². The molecule has 8 heteroatoms. The molecule has 2 rings (SSSR count). The Morgan fingerprint density at radius 1 is 1.30 bits per heavy atom. The summed E-state index contributed by atoms with van der Waals surface area (Å²) in [6, 6.07) is 6.54. The van der Waals surface area contributed by atoms with Crippen molar-refractivity contribution >= 4 is 5.91 Å². The van der Waals surface area contributed by atoms with E-state index in [1.807, 2.05) is 0 Å². The van der Waals surface area contributed by atoms with Crippen molar-refractivity contribution < 1.29 is 22.5 Å². The molecule has 0 saturated carbocycles. The van der Waals surface area contributed by atoms with Crippen LogP contribution in [0.3, 0.4) is 0 Å². The number of amides is 1. The molecular formula is C15H14F3N3O2. The molecule has 0 aliphatic carbocycles. The van der Waals surface area contributed by atoms with Crippen LogP contribution in [0.5, 0.6) is 0 Å². The van der Waals surface area contributed by atoms with Crippen LogP contribution >= 0.6 is 0 Å². The molecule has 0 aliphatic rings. The average Bonchev–Trinajstić information content (AvgIpc) is 2.97. The van der Waals surface area contributed by atoms with E-state index >= 15 is 0 Å². The third-order valence-electron chi connectivity index (χ3n) is 2.97. The third kappa shape index (κ3) is 4.18. The second-order valence-electron chi connectivity index (χ2n) is 4.75. The van der Waals surface area contributed by atoms with Gasteiger partial charge < -0.3 is 9.42 Å². The summed E-state index contributed by atoms with van der Waals surface area (Å²) >= 11 is 0. The van der Waals surface area contributed by atoms with Gasteiger partial charge in [0, 0.05) is 18.7 Å². The summed E-state index contributed by atoms with van der Waals surface area (Å²) in [5.41, 5.74) is 1.22. The summed E-state index contributed by atoms with van der Waals surface area (Å²) in [7, 11) is 0. The Hall–Kier alpha value is -2.64. The van der Waals surface area contributed by atoms with Gasteiger partial charge in [-0.15, -0.1) is 0 Å². The molecule has 2 aromatic rings. The number of hydrogen-bond acceptors (Lipinski definition) is 4. The first-order chi connectivity index (χ1) is 10.8. The zero-order chi connectivity index (χ0) is 17.0. The Bertz CT molecular complexity index is 706. The lowest BCUT2D eigenvalue weighted by Crippen LogP contribution is -2.21. The maximum absolute atomic E-state index is 12.4. The van der Waals surface area contributed by atoms with Crippen LogP contribution < -0.4 is 0 Å².